The Bertz CT molecular complexity index is 530. The highest BCUT2D eigenvalue weighted by Crippen LogP contribution is 2.30. The van der Waals surface area contributed by atoms with Crippen molar-refractivity contribution in [3.05, 3.63) is 6.33 Å². The summed E-state index contributed by atoms with van der Waals surface area (Å²) in [6.07, 6.45) is 6.61. The summed E-state index contributed by atoms with van der Waals surface area (Å²) in [5, 5.41) is 7.89. The third-order valence-electron chi connectivity index (χ3n) is 3.40. The monoisotopic (exact) mass is 247 g/mol. The van der Waals surface area contributed by atoms with Crippen LogP contribution in [0.4, 0.5) is 5.82 Å². The third kappa shape index (κ3) is 1.87. The number of hydrogen-bond donors (Lipinski definition) is 1. The lowest BCUT2D eigenvalue weighted by atomic mass is 10.2. The van der Waals surface area contributed by atoms with Crippen LogP contribution in [-0.4, -0.2) is 40.4 Å². The SMILES string of the molecule is COc1n[nH]c2ncnc(N3CCCCCC3)c12. The molecule has 0 aliphatic carbocycles. The van der Waals surface area contributed by atoms with Crippen LogP contribution in [-0.2, 0) is 0 Å². The van der Waals surface area contributed by atoms with Crippen molar-refractivity contribution < 1.29 is 4.74 Å². The van der Waals surface area contributed by atoms with Crippen molar-refractivity contribution in [3.63, 3.8) is 0 Å². The highest BCUT2D eigenvalue weighted by molar-refractivity contribution is 5.91. The van der Waals surface area contributed by atoms with E-state index in [1.165, 1.54) is 25.7 Å². The summed E-state index contributed by atoms with van der Waals surface area (Å²) in [5.74, 6) is 1.51. The Morgan fingerprint density at radius 3 is 2.67 bits per heavy atom. The van der Waals surface area contributed by atoms with Crippen LogP contribution in [0.1, 0.15) is 25.7 Å². The fourth-order valence-electron chi connectivity index (χ4n) is 2.49. The zero-order valence-corrected chi connectivity index (χ0v) is 10.5. The van der Waals surface area contributed by atoms with Crippen molar-refractivity contribution in [2.24, 2.45) is 0 Å². The maximum Gasteiger partial charge on any atom is 0.245 e. The normalized spacial score (nSPS) is 16.8. The minimum atomic E-state index is 0.574. The molecule has 1 N–H and O–H groups in total. The first-order valence-corrected chi connectivity index (χ1v) is 6.38. The van der Waals surface area contributed by atoms with E-state index in [4.69, 9.17) is 4.74 Å². The number of aromatic amines is 1. The molecule has 2 aromatic rings. The number of rotatable bonds is 2. The highest BCUT2D eigenvalue weighted by Gasteiger charge is 2.19. The number of hydrogen-bond acceptors (Lipinski definition) is 5. The molecule has 0 aromatic carbocycles. The highest BCUT2D eigenvalue weighted by atomic mass is 16.5. The molecule has 3 heterocycles. The van der Waals surface area contributed by atoms with Gasteiger partial charge in [0.2, 0.25) is 5.88 Å². The number of methoxy groups -OCH3 is 1. The maximum absolute atomic E-state index is 5.28. The van der Waals surface area contributed by atoms with Crippen molar-refractivity contribution in [2.45, 2.75) is 25.7 Å². The third-order valence-corrected chi connectivity index (χ3v) is 3.40. The summed E-state index contributed by atoms with van der Waals surface area (Å²) in [5.41, 5.74) is 0.737. The van der Waals surface area contributed by atoms with E-state index in [-0.39, 0.29) is 0 Å². The maximum atomic E-state index is 5.28. The summed E-state index contributed by atoms with van der Waals surface area (Å²) < 4.78 is 5.28. The number of fused-ring (bicyclic) bond motifs is 1. The van der Waals surface area contributed by atoms with Gasteiger partial charge in [-0.1, -0.05) is 12.8 Å². The van der Waals surface area contributed by atoms with Crippen LogP contribution in [0.15, 0.2) is 6.33 Å². The van der Waals surface area contributed by atoms with E-state index in [9.17, 15) is 0 Å². The molecule has 6 heteroatoms. The van der Waals surface area contributed by atoms with Crippen LogP contribution < -0.4 is 9.64 Å². The van der Waals surface area contributed by atoms with E-state index in [2.05, 4.69) is 25.1 Å². The average Bonchev–Trinajstić information content (AvgIpc) is 2.65. The first kappa shape index (κ1) is 11.3. The van der Waals surface area contributed by atoms with Crippen LogP contribution in [0.2, 0.25) is 0 Å². The Labute approximate surface area is 105 Å². The molecule has 0 spiro atoms. The zero-order chi connectivity index (χ0) is 12.4. The molecule has 96 valence electrons. The molecule has 0 amide bonds. The van der Waals surface area contributed by atoms with Gasteiger partial charge in [0.15, 0.2) is 5.65 Å². The summed E-state index contributed by atoms with van der Waals surface area (Å²) in [7, 11) is 1.62. The lowest BCUT2D eigenvalue weighted by molar-refractivity contribution is 0.401. The quantitative estimate of drug-likeness (QED) is 0.875. The smallest absolute Gasteiger partial charge is 0.245 e. The molecule has 1 saturated heterocycles. The molecule has 1 aliphatic heterocycles. The number of H-pyrrole nitrogens is 1. The van der Waals surface area contributed by atoms with Gasteiger partial charge < -0.3 is 9.64 Å². The molecule has 18 heavy (non-hydrogen) atoms. The molecule has 0 bridgehead atoms. The summed E-state index contributed by atoms with van der Waals surface area (Å²) in [6, 6.07) is 0. The number of nitrogens with one attached hydrogen (secondary N) is 1. The standard InChI is InChI=1S/C12H17N5O/c1-18-12-9-10(15-16-12)13-8-14-11(9)17-6-4-2-3-5-7-17/h8H,2-7H2,1H3,(H,13,14,15,16). The van der Waals surface area contributed by atoms with Crippen LogP contribution in [0.3, 0.4) is 0 Å². The average molecular weight is 247 g/mol. The second-order valence-corrected chi connectivity index (χ2v) is 4.56. The molecule has 2 aromatic heterocycles. The Hall–Kier alpha value is -1.85. The minimum absolute atomic E-state index is 0.574. The van der Waals surface area contributed by atoms with Gasteiger partial charge in [-0.2, -0.15) is 0 Å². The van der Waals surface area contributed by atoms with Gasteiger partial charge in [-0.3, -0.25) is 5.10 Å². The van der Waals surface area contributed by atoms with E-state index >= 15 is 0 Å². The van der Waals surface area contributed by atoms with Crippen LogP contribution in [0.25, 0.3) is 11.0 Å². The van der Waals surface area contributed by atoms with Gasteiger partial charge in [0.1, 0.15) is 17.5 Å². The van der Waals surface area contributed by atoms with Gasteiger partial charge >= 0.3 is 0 Å². The lowest BCUT2D eigenvalue weighted by Gasteiger charge is -2.21. The van der Waals surface area contributed by atoms with Crippen molar-refractivity contribution >= 4 is 16.9 Å². The van der Waals surface area contributed by atoms with Crippen molar-refractivity contribution in [3.8, 4) is 5.88 Å². The molecule has 0 saturated carbocycles. The largest absolute Gasteiger partial charge is 0.479 e. The summed E-state index contributed by atoms with van der Waals surface area (Å²) in [4.78, 5) is 10.9. The second-order valence-electron chi connectivity index (χ2n) is 4.56. The Balaban J connectivity index is 2.06. The first-order chi connectivity index (χ1) is 8.90. The first-order valence-electron chi connectivity index (χ1n) is 6.38. The van der Waals surface area contributed by atoms with Gasteiger partial charge in [-0.25, -0.2) is 9.97 Å². The molecule has 0 radical (unpaired) electrons. The minimum Gasteiger partial charge on any atom is -0.479 e. The van der Waals surface area contributed by atoms with Crippen LogP contribution in [0.5, 0.6) is 5.88 Å². The van der Waals surface area contributed by atoms with Crippen molar-refractivity contribution in [1.82, 2.24) is 20.2 Å². The molecule has 3 rings (SSSR count). The van der Waals surface area contributed by atoms with Gasteiger partial charge in [-0.05, 0) is 12.8 Å². The molecule has 0 unspecified atom stereocenters. The fourth-order valence-corrected chi connectivity index (χ4v) is 2.49. The predicted octanol–water partition coefficient (Wildman–Crippen LogP) is 1.74. The van der Waals surface area contributed by atoms with Crippen LogP contribution >= 0.6 is 0 Å². The molecule has 1 aliphatic rings. The Kier molecular flexibility index (Phi) is 3.00. The summed E-state index contributed by atoms with van der Waals surface area (Å²) >= 11 is 0. The van der Waals surface area contributed by atoms with E-state index < -0.39 is 0 Å². The predicted molar refractivity (Wildman–Crippen MR) is 68.9 cm³/mol. The molecule has 6 nitrogen and oxygen atoms in total. The Morgan fingerprint density at radius 2 is 1.94 bits per heavy atom. The number of aromatic nitrogens is 4. The van der Waals surface area contributed by atoms with E-state index in [1.54, 1.807) is 13.4 Å². The Morgan fingerprint density at radius 1 is 1.17 bits per heavy atom. The van der Waals surface area contributed by atoms with Gasteiger partial charge in [-0.15, -0.1) is 5.10 Å². The van der Waals surface area contributed by atoms with Crippen LogP contribution in [0, 0.1) is 0 Å². The fraction of sp³-hybridized carbons (Fsp3) is 0.583. The molecule has 1 fully saturated rings. The lowest BCUT2D eigenvalue weighted by Crippen LogP contribution is -2.25. The van der Waals surface area contributed by atoms with E-state index in [1.807, 2.05) is 0 Å². The number of nitrogens with zero attached hydrogens (tertiary/aromatic N) is 4. The molecule has 0 atom stereocenters. The van der Waals surface area contributed by atoms with Crippen molar-refractivity contribution in [2.75, 3.05) is 25.1 Å². The number of anilines is 1. The number of ether oxygens (including phenoxy) is 1. The summed E-state index contributed by atoms with van der Waals surface area (Å²) in [6.45, 7) is 2.08. The van der Waals surface area contributed by atoms with Gasteiger partial charge in [0.05, 0.1) is 7.11 Å². The van der Waals surface area contributed by atoms with E-state index in [0.29, 0.717) is 5.88 Å². The van der Waals surface area contributed by atoms with Crippen molar-refractivity contribution in [1.29, 1.82) is 0 Å². The molecular formula is C12H17N5O. The zero-order valence-electron chi connectivity index (χ0n) is 10.5. The van der Waals surface area contributed by atoms with Gasteiger partial charge in [0.25, 0.3) is 0 Å². The second kappa shape index (κ2) is 4.80. The topological polar surface area (TPSA) is 66.9 Å². The van der Waals surface area contributed by atoms with E-state index in [0.717, 1.165) is 29.9 Å². The molecular weight excluding hydrogens is 230 g/mol. The van der Waals surface area contributed by atoms with Gasteiger partial charge in [0, 0.05) is 13.1 Å².